The molecule has 2 saturated heterocycles. The summed E-state index contributed by atoms with van der Waals surface area (Å²) in [6, 6.07) is 14.7. The molecule has 2 amide bonds. The van der Waals surface area contributed by atoms with Gasteiger partial charge < -0.3 is 14.5 Å². The molecular formula is C23H24N2O4. The number of carbonyl (C=O) groups excluding carboxylic acids is 3. The van der Waals surface area contributed by atoms with Crippen LogP contribution >= 0.6 is 0 Å². The highest BCUT2D eigenvalue weighted by Gasteiger charge is 2.37. The number of carbonyl (C=O) groups is 3. The van der Waals surface area contributed by atoms with Crippen molar-refractivity contribution in [2.24, 2.45) is 5.92 Å². The van der Waals surface area contributed by atoms with Crippen molar-refractivity contribution in [1.29, 1.82) is 0 Å². The molecule has 29 heavy (non-hydrogen) atoms. The van der Waals surface area contributed by atoms with E-state index < -0.39 is 11.9 Å². The molecule has 150 valence electrons. The van der Waals surface area contributed by atoms with Crippen LogP contribution in [-0.2, 0) is 20.8 Å². The Kier molecular flexibility index (Phi) is 5.34. The molecule has 2 fully saturated rings. The lowest BCUT2D eigenvalue weighted by Crippen LogP contribution is -2.28. The number of aryl methyl sites for hydroxylation is 1. The van der Waals surface area contributed by atoms with Gasteiger partial charge in [0.2, 0.25) is 11.8 Å². The molecule has 2 aliphatic heterocycles. The quantitative estimate of drug-likeness (QED) is 0.578. The molecule has 2 aromatic rings. The van der Waals surface area contributed by atoms with Crippen LogP contribution in [0.3, 0.4) is 0 Å². The Labute approximate surface area is 170 Å². The molecule has 1 atom stereocenters. The number of ether oxygens (including phenoxy) is 1. The lowest BCUT2D eigenvalue weighted by molar-refractivity contribution is -0.139. The average molecular weight is 392 g/mol. The smallest absolute Gasteiger partial charge is 0.316 e. The zero-order valence-corrected chi connectivity index (χ0v) is 16.5. The zero-order chi connectivity index (χ0) is 20.4. The second-order valence-electron chi connectivity index (χ2n) is 7.45. The molecule has 0 radical (unpaired) electrons. The highest BCUT2D eigenvalue weighted by atomic mass is 16.5. The van der Waals surface area contributed by atoms with Crippen molar-refractivity contribution in [3.05, 3.63) is 54.1 Å². The summed E-state index contributed by atoms with van der Waals surface area (Å²) in [6.45, 7) is 3.09. The van der Waals surface area contributed by atoms with E-state index in [9.17, 15) is 14.4 Å². The van der Waals surface area contributed by atoms with E-state index in [1.807, 2.05) is 31.2 Å². The van der Waals surface area contributed by atoms with Crippen LogP contribution in [-0.4, -0.2) is 30.9 Å². The van der Waals surface area contributed by atoms with Crippen LogP contribution in [0.5, 0.6) is 5.75 Å². The largest absolute Gasteiger partial charge is 0.426 e. The van der Waals surface area contributed by atoms with Gasteiger partial charge in [0.15, 0.2) is 0 Å². The van der Waals surface area contributed by atoms with Gasteiger partial charge in [-0.25, -0.2) is 0 Å². The van der Waals surface area contributed by atoms with Crippen molar-refractivity contribution in [1.82, 2.24) is 0 Å². The summed E-state index contributed by atoms with van der Waals surface area (Å²) in [7, 11) is 0. The Morgan fingerprint density at radius 1 is 1.03 bits per heavy atom. The number of amides is 2. The Morgan fingerprint density at radius 3 is 2.48 bits per heavy atom. The SMILES string of the molecule is CCc1ccccc1N1CC(C(=O)Oc2ccc(N3CCCC3=O)cc2)CC1=O. The first kappa shape index (κ1) is 19.2. The van der Waals surface area contributed by atoms with E-state index in [1.54, 1.807) is 34.1 Å². The van der Waals surface area contributed by atoms with Gasteiger partial charge in [0, 0.05) is 37.3 Å². The third-order valence-electron chi connectivity index (χ3n) is 5.56. The molecule has 6 nitrogen and oxygen atoms in total. The van der Waals surface area contributed by atoms with Crippen molar-refractivity contribution in [3.8, 4) is 5.75 Å². The average Bonchev–Trinajstić information content (AvgIpc) is 3.34. The summed E-state index contributed by atoms with van der Waals surface area (Å²) in [5.74, 6) is -0.417. The fourth-order valence-corrected chi connectivity index (χ4v) is 3.99. The highest BCUT2D eigenvalue weighted by Crippen LogP contribution is 2.30. The lowest BCUT2D eigenvalue weighted by Gasteiger charge is -2.19. The molecule has 0 aliphatic carbocycles. The molecule has 0 N–H and O–H groups in total. The van der Waals surface area contributed by atoms with Crippen molar-refractivity contribution in [3.63, 3.8) is 0 Å². The fourth-order valence-electron chi connectivity index (χ4n) is 3.99. The van der Waals surface area contributed by atoms with Gasteiger partial charge in [-0.15, -0.1) is 0 Å². The molecule has 0 bridgehead atoms. The fraction of sp³-hybridized carbons (Fsp3) is 0.348. The summed E-state index contributed by atoms with van der Waals surface area (Å²) >= 11 is 0. The van der Waals surface area contributed by atoms with Crippen molar-refractivity contribution in [2.45, 2.75) is 32.6 Å². The highest BCUT2D eigenvalue weighted by molar-refractivity contribution is 6.00. The number of para-hydroxylation sites is 1. The number of nitrogens with zero attached hydrogens (tertiary/aromatic N) is 2. The Hall–Kier alpha value is -3.15. The zero-order valence-electron chi connectivity index (χ0n) is 16.5. The second kappa shape index (κ2) is 8.07. The predicted octanol–water partition coefficient (Wildman–Crippen LogP) is 3.33. The summed E-state index contributed by atoms with van der Waals surface area (Å²) in [4.78, 5) is 40.4. The molecule has 2 aromatic carbocycles. The van der Waals surface area contributed by atoms with Gasteiger partial charge in [0.05, 0.1) is 5.92 Å². The van der Waals surface area contributed by atoms with Crippen LogP contribution in [0, 0.1) is 5.92 Å². The summed E-state index contributed by atoms with van der Waals surface area (Å²) in [5.41, 5.74) is 2.77. The molecule has 0 saturated carbocycles. The lowest BCUT2D eigenvalue weighted by atomic mass is 10.1. The van der Waals surface area contributed by atoms with Crippen molar-refractivity contribution in [2.75, 3.05) is 22.9 Å². The first-order chi connectivity index (χ1) is 14.1. The van der Waals surface area contributed by atoms with E-state index in [0.29, 0.717) is 18.7 Å². The maximum atomic E-state index is 12.6. The number of anilines is 2. The van der Waals surface area contributed by atoms with Gasteiger partial charge in [-0.3, -0.25) is 14.4 Å². The standard InChI is InChI=1S/C23H24N2O4/c1-2-16-6-3-4-7-20(16)25-15-17(14-22(25)27)23(28)29-19-11-9-18(10-12-19)24-13-5-8-21(24)26/h3-4,6-7,9-12,17H,2,5,8,13-15H2,1H3. The molecule has 4 rings (SSSR count). The minimum atomic E-state index is -0.493. The second-order valence-corrected chi connectivity index (χ2v) is 7.45. The summed E-state index contributed by atoms with van der Waals surface area (Å²) in [6.07, 6.45) is 2.41. The molecule has 0 aromatic heterocycles. The minimum absolute atomic E-state index is 0.0595. The number of rotatable bonds is 5. The Balaban J connectivity index is 1.41. The first-order valence-corrected chi connectivity index (χ1v) is 10.1. The van der Waals surface area contributed by atoms with Gasteiger partial charge in [-0.2, -0.15) is 0 Å². The van der Waals surface area contributed by atoms with Crippen molar-refractivity contribution >= 4 is 29.2 Å². The van der Waals surface area contributed by atoms with E-state index in [0.717, 1.165) is 36.3 Å². The first-order valence-electron chi connectivity index (χ1n) is 10.1. The van der Waals surface area contributed by atoms with E-state index >= 15 is 0 Å². The van der Waals surface area contributed by atoms with Crippen molar-refractivity contribution < 1.29 is 19.1 Å². The van der Waals surface area contributed by atoms with Gasteiger partial charge in [-0.1, -0.05) is 25.1 Å². The van der Waals surface area contributed by atoms with E-state index in [2.05, 4.69) is 0 Å². The predicted molar refractivity (Wildman–Crippen MR) is 110 cm³/mol. The molecule has 6 heteroatoms. The van der Waals surface area contributed by atoms with Gasteiger partial charge in [0.1, 0.15) is 5.75 Å². The van der Waals surface area contributed by atoms with Gasteiger partial charge in [-0.05, 0) is 48.7 Å². The number of benzene rings is 2. The molecule has 1 unspecified atom stereocenters. The third-order valence-corrected chi connectivity index (χ3v) is 5.56. The summed E-state index contributed by atoms with van der Waals surface area (Å²) in [5, 5.41) is 0. The minimum Gasteiger partial charge on any atom is -0.426 e. The normalized spacial score (nSPS) is 19.1. The van der Waals surface area contributed by atoms with Crippen LogP contribution in [0.15, 0.2) is 48.5 Å². The maximum Gasteiger partial charge on any atom is 0.316 e. The van der Waals surface area contributed by atoms with Crippen LogP contribution in [0.4, 0.5) is 11.4 Å². The van der Waals surface area contributed by atoms with E-state index in [1.165, 1.54) is 0 Å². The molecular weight excluding hydrogens is 368 g/mol. The van der Waals surface area contributed by atoms with Crippen LogP contribution in [0.1, 0.15) is 31.7 Å². The topological polar surface area (TPSA) is 66.9 Å². The molecule has 2 aliphatic rings. The van der Waals surface area contributed by atoms with E-state index in [-0.39, 0.29) is 18.2 Å². The van der Waals surface area contributed by atoms with Crippen LogP contribution in [0.25, 0.3) is 0 Å². The monoisotopic (exact) mass is 392 g/mol. The molecule has 0 spiro atoms. The maximum absolute atomic E-state index is 12.6. The third kappa shape index (κ3) is 3.88. The number of esters is 1. The van der Waals surface area contributed by atoms with Gasteiger partial charge >= 0.3 is 5.97 Å². The molecule has 2 heterocycles. The Morgan fingerprint density at radius 2 is 1.79 bits per heavy atom. The van der Waals surface area contributed by atoms with E-state index in [4.69, 9.17) is 4.74 Å². The summed E-state index contributed by atoms with van der Waals surface area (Å²) < 4.78 is 5.51. The van der Waals surface area contributed by atoms with Crippen LogP contribution in [0.2, 0.25) is 0 Å². The Bertz CT molecular complexity index is 938. The van der Waals surface area contributed by atoms with Gasteiger partial charge in [0.25, 0.3) is 0 Å². The van der Waals surface area contributed by atoms with Crippen LogP contribution < -0.4 is 14.5 Å². The number of hydrogen-bond acceptors (Lipinski definition) is 4. The number of hydrogen-bond donors (Lipinski definition) is 0.